The van der Waals surface area contributed by atoms with Crippen molar-refractivity contribution in [3.05, 3.63) is 11.6 Å². The molecule has 2 saturated carbocycles. The van der Waals surface area contributed by atoms with Gasteiger partial charge in [-0.3, -0.25) is 0 Å². The van der Waals surface area contributed by atoms with Crippen LogP contribution in [0.25, 0.3) is 0 Å². The predicted octanol–water partition coefficient (Wildman–Crippen LogP) is 3.78. The van der Waals surface area contributed by atoms with Gasteiger partial charge < -0.3 is 0 Å². The van der Waals surface area contributed by atoms with Crippen molar-refractivity contribution >= 4 is 0 Å². The Morgan fingerprint density at radius 3 is 2.25 bits per heavy atom. The third-order valence-corrected chi connectivity index (χ3v) is 4.96. The van der Waals surface area contributed by atoms with Gasteiger partial charge in [-0.2, -0.15) is 0 Å². The minimum atomic E-state index is 0.534. The highest BCUT2D eigenvalue weighted by Gasteiger charge is 2.58. The van der Waals surface area contributed by atoms with Crippen LogP contribution in [0.3, 0.4) is 0 Å². The molecule has 2 aliphatic rings. The van der Waals surface area contributed by atoms with E-state index in [2.05, 4.69) is 33.8 Å². The van der Waals surface area contributed by atoms with Crippen molar-refractivity contribution in [3.8, 4) is 0 Å². The van der Waals surface area contributed by atoms with Crippen LogP contribution in [0.1, 0.15) is 47.0 Å². The normalized spacial score (nSPS) is 47.3. The Labute approximate surface area is 76.1 Å². The summed E-state index contributed by atoms with van der Waals surface area (Å²) in [5, 5.41) is 0. The maximum atomic E-state index is 2.47. The molecule has 0 spiro atoms. The van der Waals surface area contributed by atoms with Gasteiger partial charge in [-0.05, 0) is 42.9 Å². The zero-order valence-corrected chi connectivity index (χ0v) is 8.78. The van der Waals surface area contributed by atoms with Gasteiger partial charge in [-0.15, -0.1) is 0 Å². The van der Waals surface area contributed by atoms with Crippen LogP contribution in [0, 0.1) is 16.7 Å². The van der Waals surface area contributed by atoms with Gasteiger partial charge in [0.05, 0.1) is 0 Å². The fourth-order valence-electron chi connectivity index (χ4n) is 3.46. The highest BCUT2D eigenvalue weighted by Crippen LogP contribution is 2.67. The molecule has 68 valence electrons. The average molecular weight is 164 g/mol. The molecule has 2 aliphatic carbocycles. The lowest BCUT2D eigenvalue weighted by atomic mass is 9.69. The van der Waals surface area contributed by atoms with E-state index in [0.717, 1.165) is 5.92 Å². The molecule has 0 aromatic carbocycles. The van der Waals surface area contributed by atoms with E-state index in [0.29, 0.717) is 10.8 Å². The fraction of sp³-hybridized carbons (Fsp3) is 0.833. The Kier molecular flexibility index (Phi) is 1.50. The van der Waals surface area contributed by atoms with Crippen molar-refractivity contribution in [1.29, 1.82) is 0 Å². The lowest BCUT2D eigenvalue weighted by Gasteiger charge is -2.35. The minimum Gasteiger partial charge on any atom is -0.0879 e. The first-order chi connectivity index (χ1) is 5.52. The smallest absolute Gasteiger partial charge is 0.00624 e. The van der Waals surface area contributed by atoms with E-state index < -0.39 is 0 Å². The lowest BCUT2D eigenvalue weighted by Crippen LogP contribution is -2.27. The maximum Gasteiger partial charge on any atom is -0.00624 e. The molecule has 0 heterocycles. The van der Waals surface area contributed by atoms with Gasteiger partial charge >= 0.3 is 0 Å². The van der Waals surface area contributed by atoms with Crippen LogP contribution in [0.15, 0.2) is 11.6 Å². The zero-order valence-electron chi connectivity index (χ0n) is 8.78. The standard InChI is InChI=1S/C12H20/c1-5-9-8-10-6-7-12(9,4)11(10,2)3/h5,10H,6-8H2,1-4H3/b9-5-/t10-,12+/m1/s1. The van der Waals surface area contributed by atoms with Gasteiger partial charge in [0.25, 0.3) is 0 Å². The van der Waals surface area contributed by atoms with Gasteiger partial charge in [-0.25, -0.2) is 0 Å². The summed E-state index contributed by atoms with van der Waals surface area (Å²) in [5.74, 6) is 0.966. The topological polar surface area (TPSA) is 0 Å². The first-order valence-electron chi connectivity index (χ1n) is 5.18. The molecule has 2 fully saturated rings. The third-order valence-electron chi connectivity index (χ3n) is 4.96. The second-order valence-corrected chi connectivity index (χ2v) is 5.31. The molecular formula is C12H20. The second-order valence-electron chi connectivity index (χ2n) is 5.31. The van der Waals surface area contributed by atoms with Crippen LogP contribution in [-0.2, 0) is 0 Å². The maximum absolute atomic E-state index is 2.47. The second kappa shape index (κ2) is 2.16. The minimum absolute atomic E-state index is 0.534. The largest absolute Gasteiger partial charge is 0.0879 e. The summed E-state index contributed by atoms with van der Waals surface area (Å²) in [5.41, 5.74) is 2.82. The van der Waals surface area contributed by atoms with E-state index in [1.54, 1.807) is 5.57 Å². The van der Waals surface area contributed by atoms with Crippen LogP contribution in [0.4, 0.5) is 0 Å². The molecule has 0 heteroatoms. The highest BCUT2D eigenvalue weighted by atomic mass is 14.6. The molecule has 0 saturated heterocycles. The summed E-state index contributed by atoms with van der Waals surface area (Å²) in [7, 11) is 0. The summed E-state index contributed by atoms with van der Waals surface area (Å²) in [4.78, 5) is 0. The fourth-order valence-corrected chi connectivity index (χ4v) is 3.46. The molecule has 2 bridgehead atoms. The molecule has 0 radical (unpaired) electrons. The summed E-state index contributed by atoms with van der Waals surface area (Å²) in [6.45, 7) is 9.59. The average Bonchev–Trinajstić information content (AvgIpc) is 2.34. The number of rotatable bonds is 0. The van der Waals surface area contributed by atoms with E-state index in [-0.39, 0.29) is 0 Å². The van der Waals surface area contributed by atoms with Crippen molar-refractivity contribution in [3.63, 3.8) is 0 Å². The Balaban J connectivity index is 2.46. The molecular weight excluding hydrogens is 144 g/mol. The van der Waals surface area contributed by atoms with Crippen molar-refractivity contribution in [2.24, 2.45) is 16.7 Å². The molecule has 0 aliphatic heterocycles. The molecule has 0 aromatic rings. The Hall–Kier alpha value is -0.260. The summed E-state index contributed by atoms with van der Waals surface area (Å²) >= 11 is 0. The number of hydrogen-bond donors (Lipinski definition) is 0. The Bertz CT molecular complexity index is 234. The van der Waals surface area contributed by atoms with Crippen molar-refractivity contribution in [1.82, 2.24) is 0 Å². The van der Waals surface area contributed by atoms with Crippen molar-refractivity contribution in [2.75, 3.05) is 0 Å². The Morgan fingerprint density at radius 1 is 1.33 bits per heavy atom. The van der Waals surface area contributed by atoms with Gasteiger partial charge in [0.2, 0.25) is 0 Å². The van der Waals surface area contributed by atoms with Crippen LogP contribution in [-0.4, -0.2) is 0 Å². The Morgan fingerprint density at radius 2 is 2.00 bits per heavy atom. The first kappa shape index (κ1) is 8.34. The molecule has 0 N–H and O–H groups in total. The van der Waals surface area contributed by atoms with Crippen LogP contribution in [0.5, 0.6) is 0 Å². The van der Waals surface area contributed by atoms with Crippen LogP contribution in [0.2, 0.25) is 0 Å². The summed E-state index contributed by atoms with van der Waals surface area (Å²) in [6.07, 6.45) is 6.62. The third kappa shape index (κ3) is 0.694. The van der Waals surface area contributed by atoms with Gasteiger partial charge in [0.1, 0.15) is 0 Å². The van der Waals surface area contributed by atoms with E-state index in [4.69, 9.17) is 0 Å². The number of hydrogen-bond acceptors (Lipinski definition) is 0. The molecule has 0 aromatic heterocycles. The number of allylic oxidation sites excluding steroid dienone is 2. The quantitative estimate of drug-likeness (QED) is 0.478. The van der Waals surface area contributed by atoms with E-state index >= 15 is 0 Å². The molecule has 0 amide bonds. The van der Waals surface area contributed by atoms with Gasteiger partial charge in [-0.1, -0.05) is 32.4 Å². The van der Waals surface area contributed by atoms with E-state index in [1.165, 1.54) is 19.3 Å². The molecule has 12 heavy (non-hydrogen) atoms. The zero-order chi connectivity index (χ0) is 8.98. The monoisotopic (exact) mass is 164 g/mol. The van der Waals surface area contributed by atoms with Crippen molar-refractivity contribution < 1.29 is 0 Å². The summed E-state index contributed by atoms with van der Waals surface area (Å²) in [6, 6.07) is 0. The molecule has 2 atom stereocenters. The number of fused-ring (bicyclic) bond motifs is 2. The first-order valence-corrected chi connectivity index (χ1v) is 5.18. The molecule has 0 nitrogen and oxygen atoms in total. The molecule has 0 unspecified atom stereocenters. The van der Waals surface area contributed by atoms with E-state index in [9.17, 15) is 0 Å². The summed E-state index contributed by atoms with van der Waals surface area (Å²) < 4.78 is 0. The van der Waals surface area contributed by atoms with Crippen LogP contribution < -0.4 is 0 Å². The van der Waals surface area contributed by atoms with E-state index in [1.807, 2.05) is 0 Å². The van der Waals surface area contributed by atoms with Crippen molar-refractivity contribution in [2.45, 2.75) is 47.0 Å². The predicted molar refractivity (Wildman–Crippen MR) is 53.0 cm³/mol. The lowest BCUT2D eigenvalue weighted by molar-refractivity contribution is 0.179. The van der Waals surface area contributed by atoms with Gasteiger partial charge in [0, 0.05) is 0 Å². The van der Waals surface area contributed by atoms with Gasteiger partial charge in [0.15, 0.2) is 0 Å². The molecule has 2 rings (SSSR count). The van der Waals surface area contributed by atoms with Crippen LogP contribution >= 0.6 is 0 Å². The highest BCUT2D eigenvalue weighted by molar-refractivity contribution is 5.28. The SMILES string of the molecule is C/C=C1/C[C@H]2CC[C@]1(C)C2(C)C.